The van der Waals surface area contributed by atoms with E-state index in [9.17, 15) is 4.79 Å². The number of ether oxygens (including phenoxy) is 1. The summed E-state index contributed by atoms with van der Waals surface area (Å²) < 4.78 is 5.52. The number of hydrogen-bond donors (Lipinski definition) is 3. The summed E-state index contributed by atoms with van der Waals surface area (Å²) in [6, 6.07) is 17.1. The predicted octanol–water partition coefficient (Wildman–Crippen LogP) is 2.38. The first kappa shape index (κ1) is 19.8. The molecule has 1 atom stereocenters. The van der Waals surface area contributed by atoms with E-state index in [-0.39, 0.29) is 18.6 Å². The first-order valence-electron chi connectivity index (χ1n) is 10.5. The van der Waals surface area contributed by atoms with Gasteiger partial charge >= 0.3 is 0 Å². The van der Waals surface area contributed by atoms with E-state index >= 15 is 0 Å². The van der Waals surface area contributed by atoms with Crippen LogP contribution in [0.25, 0.3) is 22.6 Å². The number of aromatic amines is 1. The molecule has 1 aliphatic heterocycles. The van der Waals surface area contributed by atoms with Crippen LogP contribution in [-0.2, 0) is 4.79 Å². The van der Waals surface area contributed by atoms with Crippen LogP contribution in [0.3, 0.4) is 0 Å². The molecule has 0 bridgehead atoms. The Kier molecular flexibility index (Phi) is 5.29. The van der Waals surface area contributed by atoms with Crippen LogP contribution in [0.15, 0.2) is 60.8 Å². The number of amides is 1. The highest BCUT2D eigenvalue weighted by molar-refractivity contribution is 5.80. The second kappa shape index (κ2) is 8.54. The third kappa shape index (κ3) is 4.18. The van der Waals surface area contributed by atoms with Crippen LogP contribution in [0.4, 0.5) is 11.6 Å². The molecule has 5 rings (SSSR count). The minimum absolute atomic E-state index is 0.0101. The monoisotopic (exact) mass is 429 g/mol. The molecule has 4 N–H and O–H groups in total. The van der Waals surface area contributed by atoms with Crippen molar-refractivity contribution in [3.05, 3.63) is 60.8 Å². The molecular weight excluding hydrogens is 406 g/mol. The van der Waals surface area contributed by atoms with Crippen molar-refractivity contribution in [2.24, 2.45) is 0 Å². The van der Waals surface area contributed by atoms with E-state index < -0.39 is 0 Å². The van der Waals surface area contributed by atoms with Crippen molar-refractivity contribution in [2.45, 2.75) is 12.5 Å². The highest BCUT2D eigenvalue weighted by Crippen LogP contribution is 2.26. The second-order valence-corrected chi connectivity index (χ2v) is 7.67. The fraction of sp³-hybridized carbons (Fsp3) is 0.217. The highest BCUT2D eigenvalue weighted by atomic mass is 16.5. The van der Waals surface area contributed by atoms with Gasteiger partial charge in [0.15, 0.2) is 23.9 Å². The summed E-state index contributed by atoms with van der Waals surface area (Å²) in [5.74, 6) is 2.13. The lowest BCUT2D eigenvalue weighted by Crippen LogP contribution is -2.39. The zero-order valence-electron chi connectivity index (χ0n) is 17.4. The van der Waals surface area contributed by atoms with Gasteiger partial charge < -0.3 is 25.7 Å². The predicted molar refractivity (Wildman–Crippen MR) is 122 cm³/mol. The first-order valence-corrected chi connectivity index (χ1v) is 10.5. The zero-order chi connectivity index (χ0) is 21.9. The van der Waals surface area contributed by atoms with E-state index in [2.05, 4.69) is 25.2 Å². The van der Waals surface area contributed by atoms with Crippen molar-refractivity contribution in [1.82, 2.24) is 25.3 Å². The fourth-order valence-electron chi connectivity index (χ4n) is 3.80. The van der Waals surface area contributed by atoms with Crippen molar-refractivity contribution in [3.8, 4) is 17.3 Å². The Balaban J connectivity index is 1.24. The average molecular weight is 429 g/mol. The number of imidazole rings is 1. The molecule has 0 spiro atoms. The highest BCUT2D eigenvalue weighted by Gasteiger charge is 2.26. The van der Waals surface area contributed by atoms with Crippen molar-refractivity contribution < 1.29 is 9.53 Å². The SMILES string of the molecule is Nc1ncc(N2CC[C@H](NC(=O)COc3ccccc3)C2)nc1-c1nc2ccccc2[nH]1. The number of rotatable bonds is 6. The van der Waals surface area contributed by atoms with Crippen LogP contribution in [0.2, 0.25) is 0 Å². The molecule has 0 aliphatic carbocycles. The number of fused-ring (bicyclic) bond motifs is 1. The van der Waals surface area contributed by atoms with Crippen LogP contribution in [0, 0.1) is 0 Å². The summed E-state index contributed by atoms with van der Waals surface area (Å²) in [5.41, 5.74) is 8.37. The summed E-state index contributed by atoms with van der Waals surface area (Å²) in [6.07, 6.45) is 2.47. The first-order chi connectivity index (χ1) is 15.7. The molecule has 3 heterocycles. The lowest BCUT2D eigenvalue weighted by molar-refractivity contribution is -0.123. The third-order valence-electron chi connectivity index (χ3n) is 5.39. The van der Waals surface area contributed by atoms with Crippen molar-refractivity contribution in [2.75, 3.05) is 30.3 Å². The number of nitrogens with zero attached hydrogens (tertiary/aromatic N) is 4. The number of aromatic nitrogens is 4. The van der Waals surface area contributed by atoms with Gasteiger partial charge in [-0.2, -0.15) is 0 Å². The number of H-pyrrole nitrogens is 1. The molecule has 162 valence electrons. The van der Waals surface area contributed by atoms with Crippen LogP contribution in [0.5, 0.6) is 5.75 Å². The molecule has 32 heavy (non-hydrogen) atoms. The number of nitrogens with two attached hydrogens (primary N) is 1. The van der Waals surface area contributed by atoms with Gasteiger partial charge in [0.2, 0.25) is 0 Å². The van der Waals surface area contributed by atoms with Crippen molar-refractivity contribution >= 4 is 28.6 Å². The quantitative estimate of drug-likeness (QED) is 0.430. The molecule has 9 nitrogen and oxygen atoms in total. The van der Waals surface area contributed by atoms with Crippen LogP contribution < -0.4 is 20.7 Å². The molecule has 1 amide bonds. The normalized spacial score (nSPS) is 15.8. The van der Waals surface area contributed by atoms with Gasteiger partial charge in [-0.05, 0) is 30.7 Å². The molecule has 0 unspecified atom stereocenters. The van der Waals surface area contributed by atoms with Crippen LogP contribution in [0.1, 0.15) is 6.42 Å². The topological polar surface area (TPSA) is 122 Å². The standard InChI is InChI=1S/C23H23N7O2/c24-22-21(23-27-17-8-4-5-9-18(17)28-23)29-19(12-25-22)30-11-10-15(13-30)26-20(31)14-32-16-6-2-1-3-7-16/h1-9,12,15H,10-11,13-14H2,(H2,24,25)(H,26,31)(H,27,28)/t15-/m0/s1. The Hall–Kier alpha value is -4.14. The molecule has 0 saturated carbocycles. The molecule has 2 aromatic heterocycles. The Bertz CT molecular complexity index is 1210. The van der Waals surface area contributed by atoms with Gasteiger partial charge in [-0.15, -0.1) is 0 Å². The summed E-state index contributed by atoms with van der Waals surface area (Å²) in [7, 11) is 0. The number of nitrogen functional groups attached to an aromatic ring is 1. The van der Waals surface area contributed by atoms with E-state index in [1.807, 2.05) is 54.6 Å². The Morgan fingerprint density at radius 1 is 1.16 bits per heavy atom. The number of para-hydroxylation sites is 3. The minimum Gasteiger partial charge on any atom is -0.484 e. The average Bonchev–Trinajstić information content (AvgIpc) is 3.46. The van der Waals surface area contributed by atoms with Crippen molar-refractivity contribution in [3.63, 3.8) is 0 Å². The molecule has 0 radical (unpaired) electrons. The number of hydrogen-bond acceptors (Lipinski definition) is 7. The number of anilines is 2. The Labute approximate surface area is 184 Å². The van der Waals surface area contributed by atoms with Gasteiger partial charge in [-0.25, -0.2) is 15.0 Å². The van der Waals surface area contributed by atoms with Crippen molar-refractivity contribution in [1.29, 1.82) is 0 Å². The lowest BCUT2D eigenvalue weighted by atomic mass is 10.2. The van der Waals surface area contributed by atoms with Gasteiger partial charge in [0, 0.05) is 19.1 Å². The van der Waals surface area contributed by atoms with E-state index in [4.69, 9.17) is 15.5 Å². The van der Waals surface area contributed by atoms with Gasteiger partial charge in [-0.1, -0.05) is 30.3 Å². The number of benzene rings is 2. The van der Waals surface area contributed by atoms with E-state index in [1.54, 1.807) is 6.20 Å². The van der Waals surface area contributed by atoms with Crippen LogP contribution >= 0.6 is 0 Å². The Morgan fingerprint density at radius 3 is 2.81 bits per heavy atom. The van der Waals surface area contributed by atoms with E-state index in [1.165, 1.54) is 0 Å². The van der Waals surface area contributed by atoms with Gasteiger partial charge in [0.05, 0.1) is 17.2 Å². The zero-order valence-corrected chi connectivity index (χ0v) is 17.4. The fourth-order valence-corrected chi connectivity index (χ4v) is 3.80. The maximum absolute atomic E-state index is 12.3. The summed E-state index contributed by atoms with van der Waals surface area (Å²) in [6.45, 7) is 1.37. The van der Waals surface area contributed by atoms with Gasteiger partial charge in [0.25, 0.3) is 5.91 Å². The number of carbonyl (C=O) groups excluding carboxylic acids is 1. The van der Waals surface area contributed by atoms with E-state index in [0.29, 0.717) is 35.4 Å². The molecule has 2 aromatic carbocycles. The molecule has 1 saturated heterocycles. The van der Waals surface area contributed by atoms with E-state index in [0.717, 1.165) is 24.0 Å². The summed E-state index contributed by atoms with van der Waals surface area (Å²) in [4.78, 5) is 31.2. The summed E-state index contributed by atoms with van der Waals surface area (Å²) in [5, 5.41) is 3.03. The summed E-state index contributed by atoms with van der Waals surface area (Å²) >= 11 is 0. The maximum Gasteiger partial charge on any atom is 0.258 e. The number of carbonyl (C=O) groups is 1. The molecule has 1 aliphatic rings. The van der Waals surface area contributed by atoms with Gasteiger partial charge in [0.1, 0.15) is 11.6 Å². The smallest absolute Gasteiger partial charge is 0.258 e. The Morgan fingerprint density at radius 2 is 1.97 bits per heavy atom. The molecule has 9 heteroatoms. The maximum atomic E-state index is 12.3. The molecule has 4 aromatic rings. The molecular formula is C23H23N7O2. The molecule has 1 fully saturated rings. The lowest BCUT2D eigenvalue weighted by Gasteiger charge is -2.18. The third-order valence-corrected chi connectivity index (χ3v) is 5.39. The van der Waals surface area contributed by atoms with Crippen LogP contribution in [-0.4, -0.2) is 51.6 Å². The second-order valence-electron chi connectivity index (χ2n) is 7.67. The number of nitrogens with one attached hydrogen (secondary N) is 2. The minimum atomic E-state index is -0.146. The largest absolute Gasteiger partial charge is 0.484 e. The van der Waals surface area contributed by atoms with Gasteiger partial charge in [-0.3, -0.25) is 4.79 Å².